The summed E-state index contributed by atoms with van der Waals surface area (Å²) in [6.07, 6.45) is 8.78. The molecule has 0 aliphatic rings. The van der Waals surface area contributed by atoms with Crippen LogP contribution >= 0.6 is 22.9 Å². The number of carbonyl (C=O) groups is 1. The number of pyridine rings is 1. The number of nitrogens with zero attached hydrogens (tertiary/aromatic N) is 2. The van der Waals surface area contributed by atoms with Crippen LogP contribution in [0.2, 0.25) is 5.02 Å². The van der Waals surface area contributed by atoms with E-state index >= 15 is 0 Å². The third-order valence-electron chi connectivity index (χ3n) is 5.26. The third kappa shape index (κ3) is 5.28. The molecule has 4 nitrogen and oxygen atoms in total. The number of aromatic nitrogens is 2. The summed E-state index contributed by atoms with van der Waals surface area (Å²) in [6, 6.07) is 18.3. The Kier molecular flexibility index (Phi) is 7.13. The van der Waals surface area contributed by atoms with Crippen LogP contribution in [0.1, 0.15) is 35.6 Å². The number of hydrogen-bond acceptors (Lipinski definition) is 4. The van der Waals surface area contributed by atoms with E-state index in [1.807, 2.05) is 42.0 Å². The van der Waals surface area contributed by atoms with E-state index in [4.69, 9.17) is 16.7 Å². The number of aliphatic carboxylic acids is 1. The van der Waals surface area contributed by atoms with E-state index < -0.39 is 5.97 Å². The zero-order valence-electron chi connectivity index (χ0n) is 17.9. The van der Waals surface area contributed by atoms with Crippen LogP contribution < -0.4 is 0 Å². The number of carboxylic acid groups (broad SMARTS) is 1. The van der Waals surface area contributed by atoms with Crippen LogP contribution in [-0.2, 0) is 4.79 Å². The number of hydrogen-bond donors (Lipinski definition) is 1. The molecule has 0 aliphatic carbocycles. The van der Waals surface area contributed by atoms with Gasteiger partial charge in [0.1, 0.15) is 0 Å². The van der Waals surface area contributed by atoms with Crippen molar-refractivity contribution < 1.29 is 9.90 Å². The van der Waals surface area contributed by atoms with Crippen molar-refractivity contribution in [3.63, 3.8) is 0 Å². The molecule has 0 bridgehead atoms. The quantitative estimate of drug-likeness (QED) is 0.286. The summed E-state index contributed by atoms with van der Waals surface area (Å²) < 4.78 is 0. The molecule has 6 heteroatoms. The predicted molar refractivity (Wildman–Crippen MR) is 136 cm³/mol. The van der Waals surface area contributed by atoms with Crippen LogP contribution in [0, 0.1) is 0 Å². The van der Waals surface area contributed by atoms with Gasteiger partial charge in [0.05, 0.1) is 15.4 Å². The number of benzene rings is 2. The molecule has 4 rings (SSSR count). The summed E-state index contributed by atoms with van der Waals surface area (Å²) >= 11 is 8.15. The largest absolute Gasteiger partial charge is 0.478 e. The fourth-order valence-electron chi connectivity index (χ4n) is 3.72. The van der Waals surface area contributed by atoms with Gasteiger partial charge in [-0.15, -0.1) is 11.3 Å². The van der Waals surface area contributed by atoms with Gasteiger partial charge in [-0.1, -0.05) is 67.1 Å². The van der Waals surface area contributed by atoms with E-state index in [0.717, 1.165) is 56.3 Å². The molecule has 0 fully saturated rings. The Hall–Kier alpha value is -3.54. The maximum atomic E-state index is 10.8. The highest BCUT2D eigenvalue weighted by molar-refractivity contribution is 7.13. The maximum Gasteiger partial charge on any atom is 0.328 e. The molecule has 0 aliphatic heterocycles. The van der Waals surface area contributed by atoms with Crippen LogP contribution in [0.25, 0.3) is 27.7 Å². The van der Waals surface area contributed by atoms with Crippen LogP contribution in [0.3, 0.4) is 0 Å². The van der Waals surface area contributed by atoms with E-state index in [2.05, 4.69) is 41.2 Å². The zero-order chi connectivity index (χ0) is 23.2. The van der Waals surface area contributed by atoms with Crippen LogP contribution in [0.5, 0.6) is 0 Å². The molecule has 2 aromatic heterocycles. The minimum Gasteiger partial charge on any atom is -0.478 e. The monoisotopic (exact) mass is 472 g/mol. The predicted octanol–water partition coefficient (Wildman–Crippen LogP) is 7.33. The lowest BCUT2D eigenvalue weighted by Crippen LogP contribution is -1.96. The first-order chi connectivity index (χ1) is 16.1. The first-order valence-corrected chi connectivity index (χ1v) is 11.7. The Bertz CT molecular complexity index is 1310. The standard InChI is InChI=1S/C27H21ClN2O2S/c1-2-22(23-13-14-29-15-24(23)28)27(20-6-3-18(4-7-20)5-12-26(31)32)21-10-8-19(9-11-21)25-16-30-17-33-25/h3-17H,2H2,1H3,(H,31,32)/b12-5+,27-22+. The van der Waals surface area contributed by atoms with Crippen molar-refractivity contribution in [1.82, 2.24) is 9.97 Å². The number of rotatable bonds is 7. The van der Waals surface area contributed by atoms with Crippen molar-refractivity contribution >= 4 is 46.1 Å². The lowest BCUT2D eigenvalue weighted by atomic mass is 9.88. The minimum absolute atomic E-state index is 0.606. The molecule has 164 valence electrons. The maximum absolute atomic E-state index is 10.8. The summed E-state index contributed by atoms with van der Waals surface area (Å²) in [5, 5.41) is 9.50. The second kappa shape index (κ2) is 10.4. The molecule has 0 atom stereocenters. The highest BCUT2D eigenvalue weighted by atomic mass is 35.5. The van der Waals surface area contributed by atoms with Gasteiger partial charge in [0.15, 0.2) is 0 Å². The fraction of sp³-hybridized carbons (Fsp3) is 0.0741. The fourth-order valence-corrected chi connectivity index (χ4v) is 4.59. The molecule has 0 spiro atoms. The highest BCUT2D eigenvalue weighted by Gasteiger charge is 2.15. The number of thiazole rings is 1. The van der Waals surface area contributed by atoms with Gasteiger partial charge in [-0.2, -0.15) is 0 Å². The molecule has 4 aromatic rings. The van der Waals surface area contributed by atoms with Crippen molar-refractivity contribution in [1.29, 1.82) is 0 Å². The summed E-state index contributed by atoms with van der Waals surface area (Å²) in [5.41, 5.74) is 9.01. The van der Waals surface area contributed by atoms with Gasteiger partial charge >= 0.3 is 5.97 Å². The SMILES string of the molecule is CC/C(=C(/c1ccc(/C=C/C(=O)O)cc1)c1ccc(-c2cncs2)cc1)c1ccncc1Cl. The smallest absolute Gasteiger partial charge is 0.328 e. The van der Waals surface area contributed by atoms with Crippen molar-refractivity contribution in [3.05, 3.63) is 112 Å². The number of allylic oxidation sites excluding steroid dienone is 1. The Morgan fingerprint density at radius 3 is 2.27 bits per heavy atom. The third-order valence-corrected chi connectivity index (χ3v) is 6.38. The summed E-state index contributed by atoms with van der Waals surface area (Å²) in [4.78, 5) is 20.3. The first kappa shape index (κ1) is 22.6. The average Bonchev–Trinajstić information content (AvgIpc) is 3.38. The lowest BCUT2D eigenvalue weighted by molar-refractivity contribution is -0.131. The molecule has 2 aromatic carbocycles. The van der Waals surface area contributed by atoms with Gasteiger partial charge < -0.3 is 5.11 Å². The highest BCUT2D eigenvalue weighted by Crippen LogP contribution is 2.37. The Labute approximate surface area is 201 Å². The molecule has 33 heavy (non-hydrogen) atoms. The van der Waals surface area contributed by atoms with Gasteiger partial charge in [0.25, 0.3) is 0 Å². The van der Waals surface area contributed by atoms with E-state index in [1.165, 1.54) is 0 Å². The van der Waals surface area contributed by atoms with E-state index in [-0.39, 0.29) is 0 Å². The van der Waals surface area contributed by atoms with Gasteiger partial charge in [-0.25, -0.2) is 4.79 Å². The van der Waals surface area contributed by atoms with Crippen molar-refractivity contribution in [3.8, 4) is 10.4 Å². The molecular formula is C27H21ClN2O2S. The van der Waals surface area contributed by atoms with Crippen LogP contribution in [-0.4, -0.2) is 21.0 Å². The second-order valence-corrected chi connectivity index (χ2v) is 8.59. The Morgan fingerprint density at radius 1 is 1.00 bits per heavy atom. The summed E-state index contributed by atoms with van der Waals surface area (Å²) in [5.74, 6) is -0.971. The number of halogens is 1. The first-order valence-electron chi connectivity index (χ1n) is 10.4. The molecular weight excluding hydrogens is 452 g/mol. The molecule has 0 unspecified atom stereocenters. The topological polar surface area (TPSA) is 63.1 Å². The van der Waals surface area contributed by atoms with Gasteiger partial charge in [-0.3, -0.25) is 9.97 Å². The Morgan fingerprint density at radius 2 is 1.70 bits per heavy atom. The second-order valence-electron chi connectivity index (χ2n) is 7.30. The van der Waals surface area contributed by atoms with Crippen molar-refractivity contribution in [2.24, 2.45) is 0 Å². The van der Waals surface area contributed by atoms with E-state index in [1.54, 1.807) is 29.8 Å². The molecule has 0 saturated heterocycles. The van der Waals surface area contributed by atoms with Crippen LogP contribution in [0.4, 0.5) is 0 Å². The van der Waals surface area contributed by atoms with Crippen molar-refractivity contribution in [2.75, 3.05) is 0 Å². The Balaban J connectivity index is 1.85. The van der Waals surface area contributed by atoms with Crippen LogP contribution in [0.15, 0.2) is 84.8 Å². The molecule has 1 N–H and O–H groups in total. The van der Waals surface area contributed by atoms with E-state index in [0.29, 0.717) is 5.02 Å². The van der Waals surface area contributed by atoms with Gasteiger partial charge in [0, 0.05) is 24.7 Å². The van der Waals surface area contributed by atoms with Crippen molar-refractivity contribution in [2.45, 2.75) is 13.3 Å². The molecule has 2 heterocycles. The molecule has 0 saturated carbocycles. The average molecular weight is 473 g/mol. The number of carboxylic acids is 1. The molecule has 0 amide bonds. The zero-order valence-corrected chi connectivity index (χ0v) is 19.5. The minimum atomic E-state index is -0.971. The van der Waals surface area contributed by atoms with Gasteiger partial charge in [0.2, 0.25) is 0 Å². The summed E-state index contributed by atoms with van der Waals surface area (Å²) in [7, 11) is 0. The normalized spacial score (nSPS) is 12.1. The van der Waals surface area contributed by atoms with E-state index in [9.17, 15) is 4.79 Å². The van der Waals surface area contributed by atoms with Gasteiger partial charge in [-0.05, 0) is 57.5 Å². The molecule has 0 radical (unpaired) electrons. The lowest BCUT2D eigenvalue weighted by Gasteiger charge is -2.17. The summed E-state index contributed by atoms with van der Waals surface area (Å²) in [6.45, 7) is 2.11.